The quantitative estimate of drug-likeness (QED) is 0.611. The lowest BCUT2D eigenvalue weighted by atomic mass is 10.1. The maximum Gasteiger partial charge on any atom is 0.335 e. The summed E-state index contributed by atoms with van der Waals surface area (Å²) >= 11 is 0. The van der Waals surface area contributed by atoms with Gasteiger partial charge in [-0.2, -0.15) is 4.98 Å². The highest BCUT2D eigenvalue weighted by molar-refractivity contribution is 6.44. The number of benzene rings is 1. The number of hydrogen-bond acceptors (Lipinski definition) is 6. The summed E-state index contributed by atoms with van der Waals surface area (Å²) in [5.41, 5.74) is 0.763. The van der Waals surface area contributed by atoms with Gasteiger partial charge in [0.1, 0.15) is 6.54 Å². The fourth-order valence-electron chi connectivity index (χ4n) is 2.59. The van der Waals surface area contributed by atoms with Crippen molar-refractivity contribution in [2.45, 2.75) is 39.3 Å². The Hall–Kier alpha value is -3.03. The van der Waals surface area contributed by atoms with Crippen molar-refractivity contribution in [3.63, 3.8) is 0 Å². The van der Waals surface area contributed by atoms with E-state index < -0.39 is 23.9 Å². The molecule has 1 aliphatic rings. The molecule has 0 bridgehead atoms. The number of amides is 4. The zero-order chi connectivity index (χ0) is 18.1. The Labute approximate surface area is 144 Å². The van der Waals surface area contributed by atoms with Crippen LogP contribution in [0.3, 0.4) is 0 Å². The van der Waals surface area contributed by atoms with Gasteiger partial charge in [0.25, 0.3) is 0 Å². The number of aromatic nitrogens is 2. The number of urea groups is 1. The van der Waals surface area contributed by atoms with Gasteiger partial charge in [-0.3, -0.25) is 9.59 Å². The Kier molecular flexibility index (Phi) is 4.35. The summed E-state index contributed by atoms with van der Waals surface area (Å²) in [7, 11) is 0. The molecular formula is C17H18N4O4. The predicted octanol–water partition coefficient (Wildman–Crippen LogP) is 2.25. The van der Waals surface area contributed by atoms with Gasteiger partial charge in [-0.05, 0) is 12.5 Å². The molecule has 1 aromatic heterocycles. The van der Waals surface area contributed by atoms with Crippen molar-refractivity contribution in [2.24, 2.45) is 0 Å². The Morgan fingerprint density at radius 2 is 1.72 bits per heavy atom. The van der Waals surface area contributed by atoms with Crippen LogP contribution in [0.5, 0.6) is 0 Å². The van der Waals surface area contributed by atoms with Crippen LogP contribution in [0.1, 0.15) is 50.0 Å². The number of rotatable bonds is 5. The van der Waals surface area contributed by atoms with Gasteiger partial charge in [-0.1, -0.05) is 49.3 Å². The van der Waals surface area contributed by atoms with Crippen molar-refractivity contribution in [3.05, 3.63) is 47.6 Å². The Morgan fingerprint density at radius 3 is 2.32 bits per heavy atom. The maximum absolute atomic E-state index is 12.6. The molecule has 0 N–H and O–H groups in total. The van der Waals surface area contributed by atoms with E-state index in [0.717, 1.165) is 15.4 Å². The molecule has 2 heterocycles. The van der Waals surface area contributed by atoms with Crippen molar-refractivity contribution >= 4 is 17.8 Å². The molecule has 0 radical (unpaired) electrons. The number of carbonyl (C=O) groups is 3. The van der Waals surface area contributed by atoms with E-state index >= 15 is 0 Å². The van der Waals surface area contributed by atoms with Crippen LogP contribution in [0.2, 0.25) is 0 Å². The predicted molar refractivity (Wildman–Crippen MR) is 86.0 cm³/mol. The Morgan fingerprint density at radius 1 is 1.04 bits per heavy atom. The van der Waals surface area contributed by atoms with Crippen molar-refractivity contribution in [1.82, 2.24) is 19.9 Å². The number of nitrogens with zero attached hydrogens (tertiary/aromatic N) is 4. The molecule has 0 saturated carbocycles. The van der Waals surface area contributed by atoms with Crippen LogP contribution in [-0.4, -0.2) is 37.8 Å². The van der Waals surface area contributed by atoms with Crippen molar-refractivity contribution in [3.8, 4) is 0 Å². The van der Waals surface area contributed by atoms with E-state index in [4.69, 9.17) is 4.52 Å². The van der Waals surface area contributed by atoms with Gasteiger partial charge in [0.05, 0.1) is 6.04 Å². The summed E-state index contributed by atoms with van der Waals surface area (Å²) in [6.07, 6.45) is 0. The number of carbonyl (C=O) groups excluding carboxylic acids is 3. The van der Waals surface area contributed by atoms with Gasteiger partial charge in [-0.25, -0.2) is 14.6 Å². The molecule has 1 atom stereocenters. The van der Waals surface area contributed by atoms with Crippen LogP contribution >= 0.6 is 0 Å². The third kappa shape index (κ3) is 3.02. The average Bonchev–Trinajstić information content (AvgIpc) is 3.15. The second-order valence-electron chi connectivity index (χ2n) is 6.14. The molecule has 3 rings (SSSR count). The highest BCUT2D eigenvalue weighted by atomic mass is 16.5. The van der Waals surface area contributed by atoms with Crippen LogP contribution in [0.4, 0.5) is 4.79 Å². The zero-order valence-corrected chi connectivity index (χ0v) is 14.2. The molecule has 1 fully saturated rings. The standard InChI is InChI=1S/C17H18N4O4/c1-10(2)14-18-13(25-19-14)9-20-15(22)16(23)21(17(20)24)11(3)12-7-5-4-6-8-12/h4-8,10-11H,9H2,1-3H3/t11-/m1/s1. The van der Waals surface area contributed by atoms with Gasteiger partial charge in [0.2, 0.25) is 5.89 Å². The third-order valence-electron chi connectivity index (χ3n) is 4.05. The first-order valence-corrected chi connectivity index (χ1v) is 7.96. The Bertz CT molecular complexity index is 815. The molecule has 1 saturated heterocycles. The van der Waals surface area contributed by atoms with Crippen molar-refractivity contribution in [1.29, 1.82) is 0 Å². The van der Waals surface area contributed by atoms with E-state index in [-0.39, 0.29) is 18.4 Å². The molecular weight excluding hydrogens is 324 g/mol. The zero-order valence-electron chi connectivity index (χ0n) is 14.2. The SMILES string of the molecule is CC(C)c1noc(CN2C(=O)C(=O)N([C@H](C)c3ccccc3)C2=O)n1. The molecule has 0 aliphatic carbocycles. The van der Waals surface area contributed by atoms with Gasteiger partial charge in [0.15, 0.2) is 5.82 Å². The first kappa shape index (κ1) is 16.8. The van der Waals surface area contributed by atoms with E-state index in [1.807, 2.05) is 32.0 Å². The summed E-state index contributed by atoms with van der Waals surface area (Å²) in [5, 5.41) is 3.79. The molecule has 130 valence electrons. The lowest BCUT2D eigenvalue weighted by Gasteiger charge is -2.21. The monoisotopic (exact) mass is 342 g/mol. The fourth-order valence-corrected chi connectivity index (χ4v) is 2.59. The van der Waals surface area contributed by atoms with Gasteiger partial charge in [-0.15, -0.1) is 0 Å². The Balaban J connectivity index is 1.81. The number of imide groups is 2. The third-order valence-corrected chi connectivity index (χ3v) is 4.05. The fraction of sp³-hybridized carbons (Fsp3) is 0.353. The summed E-state index contributed by atoms with van der Waals surface area (Å²) in [6, 6.07) is 7.81. The minimum atomic E-state index is -0.892. The molecule has 8 nitrogen and oxygen atoms in total. The summed E-state index contributed by atoms with van der Waals surface area (Å²) in [5.74, 6) is -1.09. The molecule has 1 aromatic carbocycles. The van der Waals surface area contributed by atoms with E-state index in [2.05, 4.69) is 10.1 Å². The van der Waals surface area contributed by atoms with Crippen LogP contribution in [0.15, 0.2) is 34.9 Å². The van der Waals surface area contributed by atoms with E-state index in [1.54, 1.807) is 19.1 Å². The normalized spacial score (nSPS) is 16.2. The van der Waals surface area contributed by atoms with E-state index in [9.17, 15) is 14.4 Å². The number of hydrogen-bond donors (Lipinski definition) is 0. The lowest BCUT2D eigenvalue weighted by molar-refractivity contribution is -0.144. The second-order valence-corrected chi connectivity index (χ2v) is 6.14. The summed E-state index contributed by atoms with van der Waals surface area (Å²) in [4.78, 5) is 43.1. The lowest BCUT2D eigenvalue weighted by Crippen LogP contribution is -2.35. The first-order valence-electron chi connectivity index (χ1n) is 7.96. The second kappa shape index (κ2) is 6.46. The molecule has 8 heteroatoms. The van der Waals surface area contributed by atoms with Crippen LogP contribution in [0, 0.1) is 0 Å². The highest BCUT2D eigenvalue weighted by Crippen LogP contribution is 2.27. The van der Waals surface area contributed by atoms with E-state index in [0.29, 0.717) is 5.82 Å². The molecule has 2 aromatic rings. The van der Waals surface area contributed by atoms with Gasteiger partial charge >= 0.3 is 17.8 Å². The molecule has 1 aliphatic heterocycles. The van der Waals surface area contributed by atoms with Crippen molar-refractivity contribution in [2.75, 3.05) is 0 Å². The van der Waals surface area contributed by atoms with E-state index in [1.165, 1.54) is 0 Å². The van der Waals surface area contributed by atoms with Gasteiger partial charge < -0.3 is 4.52 Å². The van der Waals surface area contributed by atoms with Crippen LogP contribution < -0.4 is 0 Å². The van der Waals surface area contributed by atoms with Crippen molar-refractivity contribution < 1.29 is 18.9 Å². The molecule has 0 spiro atoms. The minimum Gasteiger partial charge on any atom is -0.337 e. The maximum atomic E-state index is 12.6. The summed E-state index contributed by atoms with van der Waals surface area (Å²) < 4.78 is 5.06. The van der Waals surface area contributed by atoms with Crippen LogP contribution in [0.25, 0.3) is 0 Å². The first-order chi connectivity index (χ1) is 11.9. The molecule has 4 amide bonds. The summed E-state index contributed by atoms with van der Waals surface area (Å²) in [6.45, 7) is 5.27. The molecule has 0 unspecified atom stereocenters. The minimum absolute atomic E-state index is 0.0544. The highest BCUT2D eigenvalue weighted by Gasteiger charge is 2.47. The average molecular weight is 342 g/mol. The largest absolute Gasteiger partial charge is 0.337 e. The van der Waals surface area contributed by atoms with Gasteiger partial charge in [0, 0.05) is 5.92 Å². The topological polar surface area (TPSA) is 96.6 Å². The smallest absolute Gasteiger partial charge is 0.335 e. The molecule has 25 heavy (non-hydrogen) atoms. The van der Waals surface area contributed by atoms with Crippen LogP contribution in [-0.2, 0) is 16.1 Å².